The number of amides is 1. The fourth-order valence-corrected chi connectivity index (χ4v) is 2.65. The van der Waals surface area contributed by atoms with Crippen molar-refractivity contribution in [3.05, 3.63) is 65.9 Å². The van der Waals surface area contributed by atoms with Crippen molar-refractivity contribution in [2.45, 2.75) is 13.1 Å². The summed E-state index contributed by atoms with van der Waals surface area (Å²) in [7, 11) is 0. The molecule has 3 rings (SSSR count). The van der Waals surface area contributed by atoms with Crippen LogP contribution in [-0.4, -0.2) is 16.4 Å². The molecule has 1 amide bonds. The largest absolute Gasteiger partial charge is 0.418 e. The van der Waals surface area contributed by atoms with Crippen molar-refractivity contribution in [1.82, 2.24) is 4.57 Å². The topological polar surface area (TPSA) is 51.1 Å². The number of fused-ring (bicyclic) bond motifs is 1. The van der Waals surface area contributed by atoms with Crippen molar-refractivity contribution < 1.29 is 22.8 Å². The Morgan fingerprint density at radius 1 is 1.00 bits per heavy atom. The highest BCUT2D eigenvalue weighted by Gasteiger charge is 2.33. The van der Waals surface area contributed by atoms with E-state index in [9.17, 15) is 22.8 Å². The van der Waals surface area contributed by atoms with Crippen LogP contribution in [0.15, 0.2) is 54.7 Å². The Bertz CT molecular complexity index is 974. The number of carbonyl (C=O) groups is 2. The lowest BCUT2D eigenvalue weighted by Crippen LogP contribution is -2.16. The molecule has 0 saturated heterocycles. The number of aromatic nitrogens is 1. The van der Waals surface area contributed by atoms with E-state index in [4.69, 9.17) is 0 Å². The van der Waals surface area contributed by atoms with E-state index in [0.717, 1.165) is 6.07 Å². The molecule has 2 aromatic carbocycles. The highest BCUT2D eigenvalue weighted by atomic mass is 19.4. The molecule has 25 heavy (non-hydrogen) atoms. The molecule has 0 aliphatic rings. The number of hydrogen-bond donors (Lipinski definition) is 1. The third-order valence-corrected chi connectivity index (χ3v) is 3.78. The van der Waals surface area contributed by atoms with Gasteiger partial charge in [0.2, 0.25) is 5.91 Å². The van der Waals surface area contributed by atoms with Crippen LogP contribution in [0.2, 0.25) is 0 Å². The Labute approximate surface area is 140 Å². The molecule has 3 aromatic rings. The molecule has 7 heteroatoms. The molecule has 0 saturated carbocycles. The Morgan fingerprint density at radius 3 is 2.32 bits per heavy atom. The molecule has 0 radical (unpaired) electrons. The highest BCUT2D eigenvalue weighted by molar-refractivity contribution is 6.14. The van der Waals surface area contributed by atoms with E-state index in [0.29, 0.717) is 10.9 Å². The number of hydrogen-bond acceptors (Lipinski definition) is 2. The Kier molecular flexibility index (Phi) is 4.08. The number of rotatable bonds is 2. The van der Waals surface area contributed by atoms with Crippen LogP contribution in [0.25, 0.3) is 10.9 Å². The Morgan fingerprint density at radius 2 is 1.64 bits per heavy atom. The maximum atomic E-state index is 13.1. The third kappa shape index (κ3) is 3.13. The van der Waals surface area contributed by atoms with E-state index >= 15 is 0 Å². The maximum absolute atomic E-state index is 13.1. The zero-order chi connectivity index (χ0) is 18.2. The first kappa shape index (κ1) is 16.8. The number of benzene rings is 2. The van der Waals surface area contributed by atoms with Gasteiger partial charge in [0.05, 0.1) is 22.3 Å². The average molecular weight is 346 g/mol. The molecule has 1 aromatic heterocycles. The number of alkyl halides is 3. The summed E-state index contributed by atoms with van der Waals surface area (Å²) in [5.41, 5.74) is -0.620. The fraction of sp³-hybridized carbons (Fsp3) is 0.111. The van der Waals surface area contributed by atoms with E-state index in [1.807, 2.05) is 0 Å². The van der Waals surface area contributed by atoms with Crippen LogP contribution >= 0.6 is 0 Å². The van der Waals surface area contributed by atoms with E-state index in [1.165, 1.54) is 35.9 Å². The minimum Gasteiger partial charge on any atom is -0.321 e. The van der Waals surface area contributed by atoms with E-state index in [-0.39, 0.29) is 17.2 Å². The molecule has 1 N–H and O–H groups in total. The zero-order valence-electron chi connectivity index (χ0n) is 13.1. The summed E-state index contributed by atoms with van der Waals surface area (Å²) >= 11 is 0. The summed E-state index contributed by atoms with van der Waals surface area (Å²) in [6.07, 6.45) is -3.25. The normalized spacial score (nSPS) is 11.5. The number of halogens is 3. The summed E-state index contributed by atoms with van der Waals surface area (Å²) in [6.45, 7) is 1.34. The van der Waals surface area contributed by atoms with Gasteiger partial charge in [-0.2, -0.15) is 13.2 Å². The van der Waals surface area contributed by atoms with Gasteiger partial charge in [-0.3, -0.25) is 14.2 Å². The SMILES string of the molecule is CC(=O)n1cc(C(=O)Nc2ccccc2C(F)(F)F)c2ccccc21. The molecular weight excluding hydrogens is 333 g/mol. The molecular formula is C18H13F3N2O2. The van der Waals surface area contributed by atoms with Gasteiger partial charge in [0, 0.05) is 18.5 Å². The molecule has 0 bridgehead atoms. The van der Waals surface area contributed by atoms with Gasteiger partial charge in [0.1, 0.15) is 0 Å². The Hall–Kier alpha value is -3.09. The molecule has 0 spiro atoms. The summed E-state index contributed by atoms with van der Waals surface area (Å²) in [5.74, 6) is -1.01. The fourth-order valence-electron chi connectivity index (χ4n) is 2.65. The lowest BCUT2D eigenvalue weighted by Gasteiger charge is -2.13. The van der Waals surface area contributed by atoms with Crippen LogP contribution in [0.5, 0.6) is 0 Å². The second-order valence-electron chi connectivity index (χ2n) is 5.45. The van der Waals surface area contributed by atoms with Crippen LogP contribution < -0.4 is 5.32 Å². The summed E-state index contributed by atoms with van der Waals surface area (Å²) in [5, 5.41) is 2.78. The van der Waals surface area contributed by atoms with Gasteiger partial charge in [0.25, 0.3) is 5.91 Å². The third-order valence-electron chi connectivity index (χ3n) is 3.78. The molecule has 0 unspecified atom stereocenters. The van der Waals surface area contributed by atoms with Gasteiger partial charge in [0.15, 0.2) is 0 Å². The first-order chi connectivity index (χ1) is 11.8. The van der Waals surface area contributed by atoms with Crippen molar-refractivity contribution in [2.24, 2.45) is 0 Å². The van der Waals surface area contributed by atoms with E-state index in [1.54, 1.807) is 24.3 Å². The molecule has 0 aliphatic carbocycles. The second kappa shape index (κ2) is 6.08. The number of nitrogens with one attached hydrogen (secondary N) is 1. The minimum absolute atomic E-state index is 0.128. The smallest absolute Gasteiger partial charge is 0.321 e. The van der Waals surface area contributed by atoms with Crippen LogP contribution in [0.4, 0.5) is 18.9 Å². The number of nitrogens with zero attached hydrogens (tertiary/aromatic N) is 1. The molecule has 0 fully saturated rings. The lowest BCUT2D eigenvalue weighted by atomic mass is 10.1. The summed E-state index contributed by atoms with van der Waals surface area (Å²) in [6, 6.07) is 11.4. The van der Waals surface area contributed by atoms with Crippen molar-refractivity contribution in [1.29, 1.82) is 0 Å². The molecule has 1 heterocycles. The van der Waals surface area contributed by atoms with E-state index in [2.05, 4.69) is 5.32 Å². The quantitative estimate of drug-likeness (QED) is 0.739. The maximum Gasteiger partial charge on any atom is 0.418 e. The van der Waals surface area contributed by atoms with Crippen LogP contribution in [0, 0.1) is 0 Å². The molecule has 128 valence electrons. The van der Waals surface area contributed by atoms with Crippen molar-refractivity contribution >= 4 is 28.4 Å². The predicted octanol–water partition coefficient (Wildman–Crippen LogP) is 4.57. The summed E-state index contributed by atoms with van der Waals surface area (Å²) < 4.78 is 40.5. The van der Waals surface area contributed by atoms with Crippen molar-refractivity contribution in [3.63, 3.8) is 0 Å². The summed E-state index contributed by atoms with van der Waals surface area (Å²) in [4.78, 5) is 24.3. The van der Waals surface area contributed by atoms with Gasteiger partial charge >= 0.3 is 6.18 Å². The van der Waals surface area contributed by atoms with Gasteiger partial charge in [-0.1, -0.05) is 30.3 Å². The first-order valence-corrected chi connectivity index (χ1v) is 7.37. The monoisotopic (exact) mass is 346 g/mol. The van der Waals surface area contributed by atoms with Crippen LogP contribution in [-0.2, 0) is 6.18 Å². The minimum atomic E-state index is -4.59. The van der Waals surface area contributed by atoms with Crippen LogP contribution in [0.1, 0.15) is 27.6 Å². The van der Waals surface area contributed by atoms with Gasteiger partial charge in [-0.25, -0.2) is 0 Å². The predicted molar refractivity (Wildman–Crippen MR) is 87.6 cm³/mol. The zero-order valence-corrected chi connectivity index (χ0v) is 13.1. The lowest BCUT2D eigenvalue weighted by molar-refractivity contribution is -0.136. The van der Waals surface area contributed by atoms with Gasteiger partial charge < -0.3 is 5.32 Å². The van der Waals surface area contributed by atoms with Gasteiger partial charge in [-0.15, -0.1) is 0 Å². The van der Waals surface area contributed by atoms with Crippen molar-refractivity contribution in [2.75, 3.05) is 5.32 Å². The number of para-hydroxylation sites is 2. The van der Waals surface area contributed by atoms with E-state index < -0.39 is 17.6 Å². The number of anilines is 1. The first-order valence-electron chi connectivity index (χ1n) is 7.37. The standard InChI is InChI=1S/C18H13F3N2O2/c1-11(24)23-10-13(12-6-2-5-9-16(12)23)17(25)22-15-8-4-3-7-14(15)18(19,20)21/h2-10H,1H3,(H,22,25). The van der Waals surface area contributed by atoms with Crippen LogP contribution in [0.3, 0.4) is 0 Å². The molecule has 4 nitrogen and oxygen atoms in total. The molecule has 0 aliphatic heterocycles. The van der Waals surface area contributed by atoms with Gasteiger partial charge in [-0.05, 0) is 18.2 Å². The number of carbonyl (C=O) groups excluding carboxylic acids is 2. The average Bonchev–Trinajstić information content (AvgIpc) is 2.94. The molecule has 0 atom stereocenters. The highest BCUT2D eigenvalue weighted by Crippen LogP contribution is 2.35. The second-order valence-corrected chi connectivity index (χ2v) is 5.45. The van der Waals surface area contributed by atoms with Crippen molar-refractivity contribution in [3.8, 4) is 0 Å². The Balaban J connectivity index is 2.04.